The van der Waals surface area contributed by atoms with Crippen molar-refractivity contribution in [1.82, 2.24) is 4.57 Å². The molecule has 1 aromatic carbocycles. The number of carbonyl (C=O) groups excluding carboxylic acids is 1. The Morgan fingerprint density at radius 3 is 2.89 bits per heavy atom. The highest BCUT2D eigenvalue weighted by molar-refractivity contribution is 5.86. The highest BCUT2D eigenvalue weighted by Gasteiger charge is 2.06. The fraction of sp³-hybridized carbons (Fsp3) is 0.400. The van der Waals surface area contributed by atoms with Crippen LogP contribution < -0.4 is 4.74 Å². The van der Waals surface area contributed by atoms with Crippen LogP contribution in [0.3, 0.4) is 0 Å². The maximum absolute atomic E-state index is 10.9. The standard InChI is InChI=1S/C15H19NO2/c1-3-18-15-8-4-7-14-13(15)9-11-16(14)10-5-6-12(2)17/h4,7-9,11H,3,5-6,10H2,1-2H3. The maximum atomic E-state index is 10.9. The average Bonchev–Trinajstić information content (AvgIpc) is 2.74. The van der Waals surface area contributed by atoms with Crippen molar-refractivity contribution in [2.75, 3.05) is 6.61 Å². The van der Waals surface area contributed by atoms with Gasteiger partial charge in [0.2, 0.25) is 0 Å². The van der Waals surface area contributed by atoms with Gasteiger partial charge in [0.1, 0.15) is 11.5 Å². The number of aryl methyl sites for hydroxylation is 1. The van der Waals surface area contributed by atoms with E-state index in [1.165, 1.54) is 5.52 Å². The number of rotatable bonds is 6. The highest BCUT2D eigenvalue weighted by atomic mass is 16.5. The van der Waals surface area contributed by atoms with Crippen LogP contribution in [-0.2, 0) is 11.3 Å². The van der Waals surface area contributed by atoms with Gasteiger partial charge in [0.15, 0.2) is 0 Å². The lowest BCUT2D eigenvalue weighted by molar-refractivity contribution is -0.117. The third-order valence-electron chi connectivity index (χ3n) is 3.00. The van der Waals surface area contributed by atoms with Gasteiger partial charge < -0.3 is 14.1 Å². The molecular formula is C15H19NO2. The molecule has 0 N–H and O–H groups in total. The predicted molar refractivity (Wildman–Crippen MR) is 73.0 cm³/mol. The van der Waals surface area contributed by atoms with Crippen molar-refractivity contribution in [1.29, 1.82) is 0 Å². The second-order valence-corrected chi connectivity index (χ2v) is 4.44. The third-order valence-corrected chi connectivity index (χ3v) is 3.00. The van der Waals surface area contributed by atoms with Gasteiger partial charge in [-0.25, -0.2) is 0 Å². The van der Waals surface area contributed by atoms with E-state index in [2.05, 4.69) is 22.9 Å². The van der Waals surface area contributed by atoms with E-state index in [0.29, 0.717) is 13.0 Å². The first-order valence-corrected chi connectivity index (χ1v) is 6.42. The summed E-state index contributed by atoms with van der Waals surface area (Å²) in [7, 11) is 0. The topological polar surface area (TPSA) is 31.2 Å². The molecule has 0 saturated carbocycles. The summed E-state index contributed by atoms with van der Waals surface area (Å²) in [5.74, 6) is 1.18. The zero-order chi connectivity index (χ0) is 13.0. The lowest BCUT2D eigenvalue weighted by Gasteiger charge is -2.07. The quantitative estimate of drug-likeness (QED) is 0.781. The minimum atomic E-state index is 0.251. The van der Waals surface area contributed by atoms with Crippen LogP contribution in [0.25, 0.3) is 10.9 Å². The number of hydrogen-bond acceptors (Lipinski definition) is 2. The summed E-state index contributed by atoms with van der Waals surface area (Å²) in [6.07, 6.45) is 3.59. The second kappa shape index (κ2) is 5.71. The fourth-order valence-corrected chi connectivity index (χ4v) is 2.17. The van der Waals surface area contributed by atoms with E-state index in [0.717, 1.165) is 24.1 Å². The van der Waals surface area contributed by atoms with Crippen molar-refractivity contribution in [2.24, 2.45) is 0 Å². The van der Waals surface area contributed by atoms with Crippen LogP contribution in [0.4, 0.5) is 0 Å². The Labute approximate surface area is 107 Å². The Hall–Kier alpha value is -1.77. The smallest absolute Gasteiger partial charge is 0.129 e. The number of hydrogen-bond donors (Lipinski definition) is 0. The Kier molecular flexibility index (Phi) is 4.03. The summed E-state index contributed by atoms with van der Waals surface area (Å²) in [6, 6.07) is 8.17. The number of carbonyl (C=O) groups is 1. The number of benzene rings is 1. The molecule has 0 atom stereocenters. The van der Waals surface area contributed by atoms with E-state index >= 15 is 0 Å². The van der Waals surface area contributed by atoms with Crippen molar-refractivity contribution in [2.45, 2.75) is 33.2 Å². The van der Waals surface area contributed by atoms with E-state index in [9.17, 15) is 4.79 Å². The molecule has 2 rings (SSSR count). The Balaban J connectivity index is 2.20. The summed E-state index contributed by atoms with van der Waals surface area (Å²) in [5, 5.41) is 1.14. The van der Waals surface area contributed by atoms with Gasteiger partial charge in [-0.05, 0) is 38.5 Å². The third kappa shape index (κ3) is 2.73. The first-order valence-electron chi connectivity index (χ1n) is 6.42. The number of ether oxygens (including phenoxy) is 1. The fourth-order valence-electron chi connectivity index (χ4n) is 2.17. The van der Waals surface area contributed by atoms with Crippen LogP contribution >= 0.6 is 0 Å². The van der Waals surface area contributed by atoms with Crippen LogP contribution in [0, 0.1) is 0 Å². The molecule has 3 nitrogen and oxygen atoms in total. The van der Waals surface area contributed by atoms with Crippen molar-refractivity contribution in [3.63, 3.8) is 0 Å². The van der Waals surface area contributed by atoms with E-state index in [1.54, 1.807) is 6.92 Å². The summed E-state index contributed by atoms with van der Waals surface area (Å²) < 4.78 is 7.79. The van der Waals surface area contributed by atoms with Crippen LogP contribution in [0.1, 0.15) is 26.7 Å². The van der Waals surface area contributed by atoms with E-state index in [4.69, 9.17) is 4.74 Å². The molecule has 0 amide bonds. The highest BCUT2D eigenvalue weighted by Crippen LogP contribution is 2.26. The largest absolute Gasteiger partial charge is 0.493 e. The number of aromatic nitrogens is 1. The summed E-state index contributed by atoms with van der Waals surface area (Å²) in [6.45, 7) is 5.18. The molecule has 0 aliphatic carbocycles. The Bertz CT molecular complexity index is 542. The maximum Gasteiger partial charge on any atom is 0.129 e. The Morgan fingerprint density at radius 1 is 1.33 bits per heavy atom. The normalized spacial score (nSPS) is 10.8. The summed E-state index contributed by atoms with van der Waals surface area (Å²) in [5.41, 5.74) is 1.17. The van der Waals surface area contributed by atoms with Crippen LogP contribution in [0.2, 0.25) is 0 Å². The molecule has 0 fully saturated rings. The zero-order valence-electron chi connectivity index (χ0n) is 11.0. The van der Waals surface area contributed by atoms with Gasteiger partial charge in [-0.2, -0.15) is 0 Å². The lowest BCUT2D eigenvalue weighted by atomic mass is 10.2. The van der Waals surface area contributed by atoms with Crippen LogP contribution in [0.15, 0.2) is 30.5 Å². The molecule has 0 bridgehead atoms. The average molecular weight is 245 g/mol. The second-order valence-electron chi connectivity index (χ2n) is 4.44. The van der Waals surface area contributed by atoms with E-state index in [1.807, 2.05) is 19.1 Å². The van der Waals surface area contributed by atoms with Gasteiger partial charge in [-0.3, -0.25) is 0 Å². The molecule has 0 unspecified atom stereocenters. The van der Waals surface area contributed by atoms with Crippen molar-refractivity contribution < 1.29 is 9.53 Å². The van der Waals surface area contributed by atoms with Gasteiger partial charge >= 0.3 is 0 Å². The lowest BCUT2D eigenvalue weighted by Crippen LogP contribution is -1.99. The predicted octanol–water partition coefficient (Wildman–Crippen LogP) is 3.41. The van der Waals surface area contributed by atoms with Crippen LogP contribution in [-0.4, -0.2) is 17.0 Å². The minimum Gasteiger partial charge on any atom is -0.493 e. The van der Waals surface area contributed by atoms with Gasteiger partial charge in [-0.15, -0.1) is 0 Å². The summed E-state index contributed by atoms with van der Waals surface area (Å²) in [4.78, 5) is 10.9. The monoisotopic (exact) mass is 245 g/mol. The SMILES string of the molecule is CCOc1cccc2c1ccn2CCCC(C)=O. The van der Waals surface area contributed by atoms with Gasteiger partial charge in [0.05, 0.1) is 12.1 Å². The molecule has 18 heavy (non-hydrogen) atoms. The number of fused-ring (bicyclic) bond motifs is 1. The molecule has 0 aliphatic rings. The molecule has 1 aromatic heterocycles. The molecule has 2 aromatic rings. The zero-order valence-corrected chi connectivity index (χ0v) is 11.0. The van der Waals surface area contributed by atoms with E-state index in [-0.39, 0.29) is 5.78 Å². The molecule has 3 heteroatoms. The summed E-state index contributed by atoms with van der Waals surface area (Å²) >= 11 is 0. The number of ketones is 1. The van der Waals surface area contributed by atoms with Crippen LogP contribution in [0.5, 0.6) is 5.75 Å². The number of Topliss-reactive ketones (excluding diaryl/α,β-unsaturated/α-hetero) is 1. The molecule has 96 valence electrons. The first-order chi connectivity index (χ1) is 8.72. The molecular weight excluding hydrogens is 226 g/mol. The first kappa shape index (κ1) is 12.7. The Morgan fingerprint density at radius 2 is 2.17 bits per heavy atom. The molecule has 0 aliphatic heterocycles. The van der Waals surface area contributed by atoms with Gasteiger partial charge in [0.25, 0.3) is 0 Å². The molecule has 1 heterocycles. The van der Waals surface area contributed by atoms with Gasteiger partial charge in [-0.1, -0.05) is 6.07 Å². The van der Waals surface area contributed by atoms with Crippen molar-refractivity contribution >= 4 is 16.7 Å². The molecule has 0 saturated heterocycles. The minimum absolute atomic E-state index is 0.251. The number of nitrogens with zero attached hydrogens (tertiary/aromatic N) is 1. The van der Waals surface area contributed by atoms with Gasteiger partial charge in [0, 0.05) is 24.5 Å². The van der Waals surface area contributed by atoms with Crippen molar-refractivity contribution in [3.05, 3.63) is 30.5 Å². The molecule has 0 radical (unpaired) electrons. The van der Waals surface area contributed by atoms with E-state index < -0.39 is 0 Å². The molecule has 0 spiro atoms. The van der Waals surface area contributed by atoms with Crippen molar-refractivity contribution in [3.8, 4) is 5.75 Å².